The lowest BCUT2D eigenvalue weighted by atomic mass is 9.72. The van der Waals surface area contributed by atoms with Gasteiger partial charge in [-0.3, -0.25) is 0 Å². The van der Waals surface area contributed by atoms with Gasteiger partial charge in [-0.1, -0.05) is 55.1 Å². The van der Waals surface area contributed by atoms with Crippen LogP contribution in [0.1, 0.15) is 37.3 Å². The van der Waals surface area contributed by atoms with Crippen molar-refractivity contribution in [2.75, 3.05) is 0 Å². The van der Waals surface area contributed by atoms with E-state index >= 15 is 0 Å². The van der Waals surface area contributed by atoms with Crippen molar-refractivity contribution < 1.29 is 0 Å². The molecule has 6 heteroatoms. The number of H-pyrrole nitrogens is 1. The Hall–Kier alpha value is -3.77. The third kappa shape index (κ3) is 3.59. The lowest BCUT2D eigenvalue weighted by Gasteiger charge is -2.38. The first kappa shape index (κ1) is 20.2. The van der Waals surface area contributed by atoms with Gasteiger partial charge in [0.15, 0.2) is 5.82 Å². The van der Waals surface area contributed by atoms with Gasteiger partial charge in [0.05, 0.1) is 11.4 Å². The predicted octanol–water partition coefficient (Wildman–Crippen LogP) is 5.27. The number of benzene rings is 1. The number of aromatic nitrogens is 5. The Labute approximate surface area is 187 Å². The molecule has 0 unspecified atom stereocenters. The topological polar surface area (TPSA) is 84.9 Å². The van der Waals surface area contributed by atoms with E-state index in [1.54, 1.807) is 4.52 Å². The molecule has 0 saturated heterocycles. The second kappa shape index (κ2) is 8.05. The molecule has 3 N–H and O–H groups in total. The highest BCUT2D eigenvalue weighted by molar-refractivity contribution is 5.83. The molecule has 0 radical (unpaired) electrons. The van der Waals surface area contributed by atoms with Gasteiger partial charge in [-0.15, -0.1) is 5.10 Å². The maximum atomic E-state index is 6.51. The van der Waals surface area contributed by atoms with E-state index < -0.39 is 0 Å². The van der Waals surface area contributed by atoms with E-state index in [-0.39, 0.29) is 5.54 Å². The lowest BCUT2D eigenvalue weighted by Crippen LogP contribution is -2.43. The van der Waals surface area contributed by atoms with Crippen LogP contribution in [0.2, 0.25) is 0 Å². The summed E-state index contributed by atoms with van der Waals surface area (Å²) in [5.41, 5.74) is 11.9. The van der Waals surface area contributed by atoms with Gasteiger partial charge in [0.2, 0.25) is 0 Å². The standard InChI is InChI=1S/C26H26N6/c1-3-4-5-8-18(2)21-17-32-25(30-24(31-32)22-9-6-16-28-22)29-23(21)19-10-12-20(13-11-19)26(27)14-7-15-26/h3-6,8-13,16-17,28H,2,7,14-15,27H2,1H3/b4-3?,8-5-. The third-order valence-electron chi connectivity index (χ3n) is 6.10. The van der Waals surface area contributed by atoms with Crippen molar-refractivity contribution >= 4 is 11.4 Å². The number of nitrogens with two attached hydrogens (primary N) is 1. The van der Waals surface area contributed by atoms with Gasteiger partial charge in [0.25, 0.3) is 5.78 Å². The van der Waals surface area contributed by atoms with Crippen molar-refractivity contribution in [2.24, 2.45) is 5.73 Å². The van der Waals surface area contributed by atoms with Crippen LogP contribution in [-0.2, 0) is 5.54 Å². The molecule has 1 aromatic carbocycles. The van der Waals surface area contributed by atoms with Gasteiger partial charge in [-0.2, -0.15) is 4.98 Å². The van der Waals surface area contributed by atoms with E-state index in [0.717, 1.165) is 40.9 Å². The summed E-state index contributed by atoms with van der Waals surface area (Å²) >= 11 is 0. The zero-order valence-electron chi connectivity index (χ0n) is 18.1. The van der Waals surface area contributed by atoms with Gasteiger partial charge >= 0.3 is 0 Å². The van der Waals surface area contributed by atoms with E-state index in [0.29, 0.717) is 11.6 Å². The summed E-state index contributed by atoms with van der Waals surface area (Å²) < 4.78 is 1.71. The van der Waals surface area contributed by atoms with Crippen LogP contribution < -0.4 is 5.73 Å². The van der Waals surface area contributed by atoms with Crippen LogP contribution in [0, 0.1) is 0 Å². The van der Waals surface area contributed by atoms with Crippen LogP contribution in [0.25, 0.3) is 34.1 Å². The molecule has 160 valence electrons. The average Bonchev–Trinajstić information content (AvgIpc) is 3.46. The van der Waals surface area contributed by atoms with E-state index in [9.17, 15) is 0 Å². The highest BCUT2D eigenvalue weighted by Crippen LogP contribution is 2.39. The van der Waals surface area contributed by atoms with Crippen molar-refractivity contribution in [3.8, 4) is 22.8 Å². The van der Waals surface area contributed by atoms with E-state index in [2.05, 4.69) is 45.9 Å². The molecule has 0 spiro atoms. The fourth-order valence-corrected chi connectivity index (χ4v) is 4.04. The van der Waals surface area contributed by atoms with Crippen molar-refractivity contribution in [3.05, 3.63) is 90.8 Å². The summed E-state index contributed by atoms with van der Waals surface area (Å²) in [6.07, 6.45) is 15.0. The van der Waals surface area contributed by atoms with Crippen molar-refractivity contribution in [1.82, 2.24) is 24.6 Å². The van der Waals surface area contributed by atoms with E-state index in [1.807, 2.05) is 55.8 Å². The summed E-state index contributed by atoms with van der Waals surface area (Å²) in [6.45, 7) is 6.26. The van der Waals surface area contributed by atoms with Crippen molar-refractivity contribution in [2.45, 2.75) is 31.7 Å². The van der Waals surface area contributed by atoms with Crippen LogP contribution in [0.15, 0.2) is 79.7 Å². The highest BCUT2D eigenvalue weighted by Gasteiger charge is 2.34. The minimum Gasteiger partial charge on any atom is -0.359 e. The molecule has 3 aromatic heterocycles. The Kier molecular flexibility index (Phi) is 5.07. The zero-order valence-corrected chi connectivity index (χ0v) is 18.1. The van der Waals surface area contributed by atoms with Crippen molar-refractivity contribution in [1.29, 1.82) is 0 Å². The summed E-state index contributed by atoms with van der Waals surface area (Å²) in [5, 5.41) is 4.61. The van der Waals surface area contributed by atoms with Crippen LogP contribution in [0.5, 0.6) is 0 Å². The lowest BCUT2D eigenvalue weighted by molar-refractivity contribution is 0.253. The number of rotatable bonds is 6. The first-order valence-corrected chi connectivity index (χ1v) is 10.9. The SMILES string of the molecule is C=C(/C=C\C=CC)c1cn2nc(-c3ccc[nH]3)nc2nc1-c1ccc(C2(N)CCC2)cc1. The molecular formula is C26H26N6. The smallest absolute Gasteiger partial charge is 0.253 e. The molecule has 32 heavy (non-hydrogen) atoms. The Bertz CT molecular complexity index is 1320. The number of nitrogens with zero attached hydrogens (tertiary/aromatic N) is 4. The number of hydrogen-bond donors (Lipinski definition) is 2. The minimum absolute atomic E-state index is 0.185. The third-order valence-corrected chi connectivity index (χ3v) is 6.10. The van der Waals surface area contributed by atoms with Crippen LogP contribution >= 0.6 is 0 Å². The molecular weight excluding hydrogens is 396 g/mol. The molecule has 0 aliphatic heterocycles. The molecule has 6 nitrogen and oxygen atoms in total. The Morgan fingerprint density at radius 2 is 1.97 bits per heavy atom. The number of nitrogens with one attached hydrogen (secondary N) is 1. The van der Waals surface area contributed by atoms with Gasteiger partial charge in [-0.25, -0.2) is 9.50 Å². The summed E-state index contributed by atoms with van der Waals surface area (Å²) in [5.74, 6) is 1.14. The van der Waals surface area contributed by atoms with Gasteiger partial charge in [0.1, 0.15) is 0 Å². The first-order chi connectivity index (χ1) is 15.6. The molecule has 0 atom stereocenters. The monoisotopic (exact) mass is 422 g/mol. The van der Waals surface area contributed by atoms with Gasteiger partial charge in [-0.05, 0) is 49.5 Å². The summed E-state index contributed by atoms with van der Waals surface area (Å²) in [6, 6.07) is 12.3. The quantitative estimate of drug-likeness (QED) is 0.415. The second-order valence-electron chi connectivity index (χ2n) is 8.26. The molecule has 1 aliphatic carbocycles. The van der Waals surface area contributed by atoms with Gasteiger partial charge < -0.3 is 10.7 Å². The molecule has 0 amide bonds. The number of allylic oxidation sites excluding steroid dienone is 5. The largest absolute Gasteiger partial charge is 0.359 e. The average molecular weight is 423 g/mol. The minimum atomic E-state index is -0.185. The van der Waals surface area contributed by atoms with Crippen molar-refractivity contribution in [3.63, 3.8) is 0 Å². The Morgan fingerprint density at radius 3 is 2.62 bits per heavy atom. The zero-order chi connectivity index (χ0) is 22.1. The normalized spacial score (nSPS) is 15.6. The summed E-state index contributed by atoms with van der Waals surface area (Å²) in [7, 11) is 0. The molecule has 1 aliphatic rings. The maximum absolute atomic E-state index is 6.51. The first-order valence-electron chi connectivity index (χ1n) is 10.9. The molecule has 0 bridgehead atoms. The second-order valence-corrected chi connectivity index (χ2v) is 8.26. The Balaban J connectivity index is 1.61. The van der Waals surface area contributed by atoms with Crippen LogP contribution in [0.4, 0.5) is 0 Å². The molecule has 1 fully saturated rings. The van der Waals surface area contributed by atoms with Crippen LogP contribution in [0.3, 0.4) is 0 Å². The molecule has 1 saturated carbocycles. The predicted molar refractivity (Wildman–Crippen MR) is 129 cm³/mol. The number of aromatic amines is 1. The fraction of sp³-hybridized carbons (Fsp3) is 0.192. The molecule has 4 aromatic rings. The number of hydrogen-bond acceptors (Lipinski definition) is 4. The summed E-state index contributed by atoms with van der Waals surface area (Å²) in [4.78, 5) is 12.7. The van der Waals surface area contributed by atoms with Crippen LogP contribution in [-0.4, -0.2) is 24.6 Å². The highest BCUT2D eigenvalue weighted by atomic mass is 15.3. The Morgan fingerprint density at radius 1 is 1.16 bits per heavy atom. The molecule has 5 rings (SSSR count). The fourth-order valence-electron chi connectivity index (χ4n) is 4.04. The maximum Gasteiger partial charge on any atom is 0.253 e. The number of fused-ring (bicyclic) bond motifs is 1. The van der Waals surface area contributed by atoms with Gasteiger partial charge in [0, 0.05) is 29.1 Å². The van der Waals surface area contributed by atoms with E-state index in [1.165, 1.54) is 12.0 Å². The molecule has 3 heterocycles. The van der Waals surface area contributed by atoms with E-state index in [4.69, 9.17) is 10.7 Å².